The minimum atomic E-state index is 0.413. The maximum Gasteiger partial charge on any atom is 0.255 e. The first-order valence-corrected chi connectivity index (χ1v) is 7.06. The van der Waals surface area contributed by atoms with Gasteiger partial charge < -0.3 is 0 Å². The molecule has 96 valence electrons. The Morgan fingerprint density at radius 3 is 2.61 bits per heavy atom. The van der Waals surface area contributed by atoms with Crippen molar-refractivity contribution in [3.8, 4) is 0 Å². The SMILES string of the molecule is CCc1nc2nc(Cl)c(C3CCCC3)c(Cl)n2n1. The van der Waals surface area contributed by atoms with Crippen LogP contribution in [0.5, 0.6) is 0 Å². The predicted molar refractivity (Wildman–Crippen MR) is 71.4 cm³/mol. The van der Waals surface area contributed by atoms with Gasteiger partial charge in [0.2, 0.25) is 0 Å². The van der Waals surface area contributed by atoms with E-state index in [0.717, 1.165) is 30.7 Å². The Morgan fingerprint density at radius 2 is 1.94 bits per heavy atom. The highest BCUT2D eigenvalue weighted by Gasteiger charge is 2.25. The number of hydrogen-bond acceptors (Lipinski definition) is 3. The fourth-order valence-corrected chi connectivity index (χ4v) is 3.32. The molecule has 2 aromatic rings. The van der Waals surface area contributed by atoms with E-state index in [9.17, 15) is 0 Å². The molecular formula is C12H14Cl2N4. The molecule has 0 N–H and O–H groups in total. The molecule has 0 saturated heterocycles. The van der Waals surface area contributed by atoms with Crippen molar-refractivity contribution < 1.29 is 0 Å². The second kappa shape index (κ2) is 4.67. The van der Waals surface area contributed by atoms with Crippen LogP contribution in [0.4, 0.5) is 0 Å². The van der Waals surface area contributed by atoms with Crippen LogP contribution < -0.4 is 0 Å². The van der Waals surface area contributed by atoms with E-state index in [0.29, 0.717) is 22.0 Å². The fourth-order valence-electron chi connectivity index (χ4n) is 2.60. The molecule has 0 radical (unpaired) electrons. The summed E-state index contributed by atoms with van der Waals surface area (Å²) in [5.74, 6) is 1.64. The third kappa shape index (κ3) is 1.88. The van der Waals surface area contributed by atoms with Crippen LogP contribution in [0.2, 0.25) is 10.3 Å². The lowest BCUT2D eigenvalue weighted by molar-refractivity contribution is 0.707. The number of nitrogens with zero attached hydrogens (tertiary/aromatic N) is 4. The van der Waals surface area contributed by atoms with Crippen LogP contribution >= 0.6 is 23.2 Å². The molecule has 0 unspecified atom stereocenters. The van der Waals surface area contributed by atoms with Gasteiger partial charge in [-0.05, 0) is 18.8 Å². The Bertz CT molecular complexity index is 587. The fraction of sp³-hybridized carbons (Fsp3) is 0.583. The number of hydrogen-bond donors (Lipinski definition) is 0. The zero-order valence-corrected chi connectivity index (χ0v) is 11.7. The van der Waals surface area contributed by atoms with Crippen molar-refractivity contribution in [1.29, 1.82) is 0 Å². The summed E-state index contributed by atoms with van der Waals surface area (Å²) in [6.07, 6.45) is 5.47. The lowest BCUT2D eigenvalue weighted by Crippen LogP contribution is -2.04. The molecule has 6 heteroatoms. The normalized spacial score (nSPS) is 16.8. The molecule has 4 nitrogen and oxygen atoms in total. The van der Waals surface area contributed by atoms with E-state index in [1.54, 1.807) is 4.52 Å². The molecular weight excluding hydrogens is 271 g/mol. The largest absolute Gasteiger partial charge is 0.255 e. The lowest BCUT2D eigenvalue weighted by atomic mass is 10.0. The van der Waals surface area contributed by atoms with E-state index < -0.39 is 0 Å². The molecule has 0 aliphatic heterocycles. The summed E-state index contributed by atoms with van der Waals surface area (Å²) in [6.45, 7) is 2.00. The average molecular weight is 285 g/mol. The van der Waals surface area contributed by atoms with Gasteiger partial charge in [-0.15, -0.1) is 5.10 Å². The van der Waals surface area contributed by atoms with Gasteiger partial charge in [0, 0.05) is 12.0 Å². The second-order valence-electron chi connectivity index (χ2n) is 4.68. The van der Waals surface area contributed by atoms with Crippen molar-refractivity contribution in [2.75, 3.05) is 0 Å². The van der Waals surface area contributed by atoms with E-state index >= 15 is 0 Å². The Kier molecular flexibility index (Phi) is 3.16. The van der Waals surface area contributed by atoms with Gasteiger partial charge in [0.05, 0.1) is 0 Å². The molecule has 0 amide bonds. The summed E-state index contributed by atoms with van der Waals surface area (Å²) in [7, 11) is 0. The minimum Gasteiger partial charge on any atom is -0.199 e. The van der Waals surface area contributed by atoms with Gasteiger partial charge >= 0.3 is 0 Å². The van der Waals surface area contributed by atoms with Crippen molar-refractivity contribution in [2.24, 2.45) is 0 Å². The summed E-state index contributed by atoms with van der Waals surface area (Å²) < 4.78 is 1.61. The standard InChI is InChI=1S/C12H14Cl2N4/c1-2-8-15-12-16-10(13)9(7-5-3-4-6-7)11(14)18(12)17-8/h7H,2-6H2,1H3. The van der Waals surface area contributed by atoms with E-state index in [2.05, 4.69) is 15.1 Å². The second-order valence-corrected chi connectivity index (χ2v) is 5.40. The Morgan fingerprint density at radius 1 is 1.22 bits per heavy atom. The van der Waals surface area contributed by atoms with Gasteiger partial charge in [-0.3, -0.25) is 0 Å². The van der Waals surface area contributed by atoms with Crippen molar-refractivity contribution in [1.82, 2.24) is 19.6 Å². The number of rotatable bonds is 2. The van der Waals surface area contributed by atoms with Gasteiger partial charge in [0.1, 0.15) is 10.3 Å². The van der Waals surface area contributed by atoms with Crippen LogP contribution in [0.3, 0.4) is 0 Å². The zero-order chi connectivity index (χ0) is 12.7. The van der Waals surface area contributed by atoms with Crippen LogP contribution in [0, 0.1) is 0 Å². The topological polar surface area (TPSA) is 43.1 Å². The van der Waals surface area contributed by atoms with Crippen molar-refractivity contribution >= 4 is 29.0 Å². The molecule has 2 heterocycles. The predicted octanol–water partition coefficient (Wildman–Crippen LogP) is 3.65. The molecule has 0 spiro atoms. The monoisotopic (exact) mass is 284 g/mol. The minimum absolute atomic E-state index is 0.413. The first-order valence-electron chi connectivity index (χ1n) is 6.31. The van der Waals surface area contributed by atoms with Gasteiger partial charge in [0.25, 0.3) is 5.78 Å². The molecule has 3 rings (SSSR count). The van der Waals surface area contributed by atoms with Crippen LogP contribution in [0.1, 0.15) is 49.9 Å². The maximum atomic E-state index is 6.43. The number of halogens is 2. The highest BCUT2D eigenvalue weighted by Crippen LogP contribution is 2.40. The summed E-state index contributed by atoms with van der Waals surface area (Å²) in [4.78, 5) is 8.61. The quantitative estimate of drug-likeness (QED) is 0.791. The number of aromatic nitrogens is 4. The maximum absolute atomic E-state index is 6.43. The Balaban J connectivity index is 2.18. The van der Waals surface area contributed by atoms with Crippen molar-refractivity contribution in [3.05, 3.63) is 21.7 Å². The molecule has 1 saturated carbocycles. The zero-order valence-electron chi connectivity index (χ0n) is 10.2. The van der Waals surface area contributed by atoms with Crippen LogP contribution in [0.25, 0.3) is 5.78 Å². The average Bonchev–Trinajstić information content (AvgIpc) is 2.97. The molecule has 1 aliphatic carbocycles. The number of fused-ring (bicyclic) bond motifs is 1. The van der Waals surface area contributed by atoms with Crippen molar-refractivity contribution in [2.45, 2.75) is 44.9 Å². The van der Waals surface area contributed by atoms with Gasteiger partial charge in [-0.25, -0.2) is 0 Å². The first kappa shape index (κ1) is 12.2. The molecule has 0 aromatic carbocycles. The Hall–Kier alpha value is -0.870. The highest BCUT2D eigenvalue weighted by atomic mass is 35.5. The van der Waals surface area contributed by atoms with Crippen LogP contribution in [-0.4, -0.2) is 19.6 Å². The van der Waals surface area contributed by atoms with E-state index in [-0.39, 0.29) is 0 Å². The lowest BCUT2D eigenvalue weighted by Gasteiger charge is -2.13. The molecule has 2 aromatic heterocycles. The van der Waals surface area contributed by atoms with Gasteiger partial charge in [-0.1, -0.05) is 43.0 Å². The number of aryl methyl sites for hydroxylation is 1. The Labute approximate surface area is 115 Å². The molecule has 1 fully saturated rings. The van der Waals surface area contributed by atoms with Crippen LogP contribution in [-0.2, 0) is 6.42 Å². The van der Waals surface area contributed by atoms with Crippen LogP contribution in [0.15, 0.2) is 0 Å². The summed E-state index contributed by atoms with van der Waals surface area (Å²) in [5.41, 5.74) is 0.941. The molecule has 0 atom stereocenters. The summed E-state index contributed by atoms with van der Waals surface area (Å²) >= 11 is 12.7. The highest BCUT2D eigenvalue weighted by molar-refractivity contribution is 6.35. The van der Waals surface area contributed by atoms with E-state index in [1.165, 1.54) is 12.8 Å². The summed E-state index contributed by atoms with van der Waals surface area (Å²) in [5, 5.41) is 5.41. The van der Waals surface area contributed by atoms with E-state index in [4.69, 9.17) is 23.2 Å². The van der Waals surface area contributed by atoms with Crippen molar-refractivity contribution in [3.63, 3.8) is 0 Å². The molecule has 0 bridgehead atoms. The molecule has 1 aliphatic rings. The van der Waals surface area contributed by atoms with Gasteiger partial charge in [-0.2, -0.15) is 14.5 Å². The first-order chi connectivity index (χ1) is 8.70. The third-order valence-electron chi connectivity index (χ3n) is 3.54. The van der Waals surface area contributed by atoms with Gasteiger partial charge in [0.15, 0.2) is 5.82 Å². The summed E-state index contributed by atoms with van der Waals surface area (Å²) in [6, 6.07) is 0. The third-order valence-corrected chi connectivity index (χ3v) is 4.19. The van der Waals surface area contributed by atoms with E-state index in [1.807, 2.05) is 6.92 Å². The molecule has 18 heavy (non-hydrogen) atoms. The smallest absolute Gasteiger partial charge is 0.199 e.